The van der Waals surface area contributed by atoms with Gasteiger partial charge in [0.15, 0.2) is 0 Å². The predicted molar refractivity (Wildman–Crippen MR) is 39.0 cm³/mol. The van der Waals surface area contributed by atoms with Crippen LogP contribution in [0.2, 0.25) is 0 Å². The van der Waals surface area contributed by atoms with Gasteiger partial charge in [0, 0.05) is 20.3 Å². The second-order valence-electron chi connectivity index (χ2n) is 2.21. The fraction of sp³-hybridized carbons (Fsp3) is 1.00. The van der Waals surface area contributed by atoms with Crippen molar-refractivity contribution in [3.8, 4) is 0 Å². The summed E-state index contributed by atoms with van der Waals surface area (Å²) in [6, 6.07) is 0. The quantitative estimate of drug-likeness (QED) is 0.555. The van der Waals surface area contributed by atoms with Gasteiger partial charge in [-0.15, -0.1) is 0 Å². The number of aliphatic hydroxyl groups is 1. The summed E-state index contributed by atoms with van der Waals surface area (Å²) in [5, 5.41) is 8.54. The van der Waals surface area contributed by atoms with E-state index in [0.717, 1.165) is 13.0 Å². The molecule has 0 aliphatic carbocycles. The zero-order valence-electron chi connectivity index (χ0n) is 6.67. The summed E-state index contributed by atoms with van der Waals surface area (Å²) < 4.78 is 9.98. The molecular weight excluding hydrogens is 132 g/mol. The molecular formula is C7H16O3. The van der Waals surface area contributed by atoms with Crippen molar-refractivity contribution < 1.29 is 14.6 Å². The van der Waals surface area contributed by atoms with E-state index in [1.807, 2.05) is 6.92 Å². The van der Waals surface area contributed by atoms with E-state index in [9.17, 15) is 0 Å². The number of rotatable bonds is 6. The van der Waals surface area contributed by atoms with Crippen molar-refractivity contribution in [3.63, 3.8) is 0 Å². The maximum absolute atomic E-state index is 8.54. The Morgan fingerprint density at radius 2 is 2.10 bits per heavy atom. The summed E-state index contributed by atoms with van der Waals surface area (Å²) in [7, 11) is 1.66. The summed E-state index contributed by atoms with van der Waals surface area (Å²) in [5.41, 5.74) is 0. The molecule has 0 bridgehead atoms. The molecule has 0 aromatic heterocycles. The normalized spacial score (nSPS) is 13.5. The molecule has 0 heterocycles. The number of hydrogen-bond donors (Lipinski definition) is 1. The molecule has 3 nitrogen and oxygen atoms in total. The maximum Gasteiger partial charge on any atom is 0.0777 e. The molecule has 62 valence electrons. The first-order chi connectivity index (χ1) is 4.81. The molecule has 0 aromatic rings. The first-order valence-corrected chi connectivity index (χ1v) is 3.52. The van der Waals surface area contributed by atoms with Crippen LogP contribution in [-0.2, 0) is 9.47 Å². The number of methoxy groups -OCH3 is 1. The topological polar surface area (TPSA) is 38.7 Å². The molecule has 0 radical (unpaired) electrons. The molecule has 0 aromatic carbocycles. The van der Waals surface area contributed by atoms with Crippen LogP contribution in [0.15, 0.2) is 0 Å². The zero-order chi connectivity index (χ0) is 7.82. The predicted octanol–water partition coefficient (Wildman–Crippen LogP) is 0.420. The highest BCUT2D eigenvalue weighted by molar-refractivity contribution is 4.44. The van der Waals surface area contributed by atoms with Gasteiger partial charge in [0.25, 0.3) is 0 Å². The Hall–Kier alpha value is -0.120. The lowest BCUT2D eigenvalue weighted by Crippen LogP contribution is -2.14. The summed E-state index contributed by atoms with van der Waals surface area (Å²) in [6.45, 7) is 3.31. The lowest BCUT2D eigenvalue weighted by atomic mass is 10.4. The van der Waals surface area contributed by atoms with Crippen LogP contribution in [0.25, 0.3) is 0 Å². The van der Waals surface area contributed by atoms with Gasteiger partial charge in [-0.3, -0.25) is 0 Å². The van der Waals surface area contributed by atoms with Crippen molar-refractivity contribution in [1.82, 2.24) is 0 Å². The Bertz CT molecular complexity index is 65.9. The van der Waals surface area contributed by atoms with Gasteiger partial charge in [0.05, 0.1) is 12.7 Å². The third kappa shape index (κ3) is 6.01. The van der Waals surface area contributed by atoms with Gasteiger partial charge in [0.2, 0.25) is 0 Å². The van der Waals surface area contributed by atoms with Crippen LogP contribution in [0.1, 0.15) is 13.3 Å². The number of ether oxygens (including phenoxy) is 2. The van der Waals surface area contributed by atoms with Gasteiger partial charge in [-0.2, -0.15) is 0 Å². The van der Waals surface area contributed by atoms with Crippen LogP contribution in [0.5, 0.6) is 0 Å². The minimum Gasteiger partial charge on any atom is -0.394 e. The van der Waals surface area contributed by atoms with E-state index >= 15 is 0 Å². The van der Waals surface area contributed by atoms with E-state index < -0.39 is 0 Å². The van der Waals surface area contributed by atoms with Gasteiger partial charge in [-0.1, -0.05) is 0 Å². The van der Waals surface area contributed by atoms with Crippen molar-refractivity contribution in [2.24, 2.45) is 0 Å². The van der Waals surface area contributed by atoms with Gasteiger partial charge >= 0.3 is 0 Å². The van der Waals surface area contributed by atoms with Crippen molar-refractivity contribution in [3.05, 3.63) is 0 Å². The SMILES string of the molecule is COCCCOC(C)CO. The standard InChI is InChI=1S/C7H16O3/c1-7(6-8)10-5-3-4-9-2/h7-8H,3-6H2,1-2H3. The first-order valence-electron chi connectivity index (χ1n) is 3.52. The molecule has 1 atom stereocenters. The molecule has 0 spiro atoms. The van der Waals surface area contributed by atoms with Gasteiger partial charge in [0.1, 0.15) is 0 Å². The van der Waals surface area contributed by atoms with E-state index in [1.165, 1.54) is 0 Å². The van der Waals surface area contributed by atoms with E-state index in [0.29, 0.717) is 6.61 Å². The largest absolute Gasteiger partial charge is 0.394 e. The van der Waals surface area contributed by atoms with Crippen LogP contribution >= 0.6 is 0 Å². The Morgan fingerprint density at radius 1 is 1.40 bits per heavy atom. The lowest BCUT2D eigenvalue weighted by molar-refractivity contribution is 0.0159. The minimum atomic E-state index is -0.0446. The monoisotopic (exact) mass is 148 g/mol. The van der Waals surface area contributed by atoms with Crippen molar-refractivity contribution in [1.29, 1.82) is 0 Å². The van der Waals surface area contributed by atoms with Gasteiger partial charge in [-0.05, 0) is 13.3 Å². The fourth-order valence-electron chi connectivity index (χ4n) is 0.540. The minimum absolute atomic E-state index is 0.0446. The molecule has 0 aliphatic rings. The average Bonchev–Trinajstić information content (AvgIpc) is 1.98. The Balaban J connectivity index is 2.89. The molecule has 0 saturated carbocycles. The van der Waals surface area contributed by atoms with E-state index in [2.05, 4.69) is 0 Å². The van der Waals surface area contributed by atoms with Gasteiger partial charge in [-0.25, -0.2) is 0 Å². The number of hydrogen-bond acceptors (Lipinski definition) is 3. The molecule has 10 heavy (non-hydrogen) atoms. The summed E-state index contributed by atoms with van der Waals surface area (Å²) >= 11 is 0. The summed E-state index contributed by atoms with van der Waals surface area (Å²) in [4.78, 5) is 0. The third-order valence-electron chi connectivity index (χ3n) is 1.15. The zero-order valence-corrected chi connectivity index (χ0v) is 6.67. The molecule has 3 heteroatoms. The molecule has 1 unspecified atom stereocenters. The van der Waals surface area contributed by atoms with Crippen LogP contribution in [-0.4, -0.2) is 38.1 Å². The second-order valence-corrected chi connectivity index (χ2v) is 2.21. The van der Waals surface area contributed by atoms with Crippen LogP contribution in [0.3, 0.4) is 0 Å². The number of aliphatic hydroxyl groups excluding tert-OH is 1. The summed E-state index contributed by atoms with van der Waals surface area (Å²) in [6.07, 6.45) is 0.845. The van der Waals surface area contributed by atoms with Crippen LogP contribution in [0.4, 0.5) is 0 Å². The lowest BCUT2D eigenvalue weighted by Gasteiger charge is -2.08. The van der Waals surface area contributed by atoms with E-state index in [1.54, 1.807) is 7.11 Å². The fourth-order valence-corrected chi connectivity index (χ4v) is 0.540. The van der Waals surface area contributed by atoms with Crippen molar-refractivity contribution in [2.75, 3.05) is 26.9 Å². The highest BCUT2D eigenvalue weighted by atomic mass is 16.5. The van der Waals surface area contributed by atoms with Gasteiger partial charge < -0.3 is 14.6 Å². The average molecular weight is 148 g/mol. The third-order valence-corrected chi connectivity index (χ3v) is 1.15. The Kier molecular flexibility index (Phi) is 6.91. The Morgan fingerprint density at radius 3 is 2.60 bits per heavy atom. The highest BCUT2D eigenvalue weighted by Gasteiger charge is 1.97. The van der Waals surface area contributed by atoms with Crippen LogP contribution < -0.4 is 0 Å². The van der Waals surface area contributed by atoms with Crippen molar-refractivity contribution in [2.45, 2.75) is 19.4 Å². The van der Waals surface area contributed by atoms with E-state index in [4.69, 9.17) is 14.6 Å². The highest BCUT2D eigenvalue weighted by Crippen LogP contribution is 1.90. The Labute approximate surface area is 62.0 Å². The molecule has 1 N–H and O–H groups in total. The maximum atomic E-state index is 8.54. The molecule has 0 amide bonds. The second kappa shape index (κ2) is 6.99. The molecule has 0 fully saturated rings. The smallest absolute Gasteiger partial charge is 0.0777 e. The van der Waals surface area contributed by atoms with Crippen LogP contribution in [0, 0.1) is 0 Å². The van der Waals surface area contributed by atoms with Crippen molar-refractivity contribution >= 4 is 0 Å². The molecule has 0 rings (SSSR count). The molecule has 0 saturated heterocycles. The first kappa shape index (κ1) is 9.88. The molecule has 0 aliphatic heterocycles. The van der Waals surface area contributed by atoms with E-state index in [-0.39, 0.29) is 12.7 Å². The summed E-state index contributed by atoms with van der Waals surface area (Å²) in [5.74, 6) is 0.